The van der Waals surface area contributed by atoms with Gasteiger partial charge in [-0.2, -0.15) is 13.2 Å². The minimum Gasteiger partial charge on any atom is -0.326 e. The molecule has 2 nitrogen and oxygen atoms in total. The highest BCUT2D eigenvalue weighted by Gasteiger charge is 2.29. The van der Waals surface area contributed by atoms with Crippen molar-refractivity contribution in [3.63, 3.8) is 0 Å². The van der Waals surface area contributed by atoms with Crippen molar-refractivity contribution in [2.24, 2.45) is 0 Å². The third-order valence-corrected chi connectivity index (χ3v) is 3.26. The molecule has 0 aliphatic heterocycles. The maximum Gasteiger partial charge on any atom is 0.416 e. The van der Waals surface area contributed by atoms with Gasteiger partial charge in [0.15, 0.2) is 0 Å². The Morgan fingerprint density at radius 3 is 2.27 bits per heavy atom. The van der Waals surface area contributed by atoms with E-state index in [0.717, 1.165) is 29.7 Å². The molecule has 0 aliphatic carbocycles. The van der Waals surface area contributed by atoms with Crippen LogP contribution in [0.3, 0.4) is 0 Å². The average Bonchev–Trinajstić information content (AvgIpc) is 2.47. The normalized spacial score (nSPS) is 11.3. The van der Waals surface area contributed by atoms with Crippen molar-refractivity contribution < 1.29 is 18.0 Å². The molecule has 0 saturated carbocycles. The molecule has 0 spiro atoms. The zero-order valence-corrected chi connectivity index (χ0v) is 12.1. The second kappa shape index (κ2) is 6.64. The van der Waals surface area contributed by atoms with Gasteiger partial charge in [0.25, 0.3) is 0 Å². The number of alkyl halides is 3. The SMILES string of the molecule is CCc1cccc(CC(=O)Nc2ccc(C(F)(F)F)cc2)c1. The lowest BCUT2D eigenvalue weighted by Crippen LogP contribution is -2.14. The molecule has 2 aromatic carbocycles. The van der Waals surface area contributed by atoms with Crippen LogP contribution in [0.25, 0.3) is 0 Å². The largest absolute Gasteiger partial charge is 0.416 e. The summed E-state index contributed by atoms with van der Waals surface area (Å²) in [6, 6.07) is 12.1. The molecule has 0 bridgehead atoms. The zero-order chi connectivity index (χ0) is 16.2. The number of hydrogen-bond acceptors (Lipinski definition) is 1. The summed E-state index contributed by atoms with van der Waals surface area (Å²) < 4.78 is 37.4. The Labute approximate surface area is 127 Å². The van der Waals surface area contributed by atoms with Gasteiger partial charge in [0.1, 0.15) is 0 Å². The van der Waals surface area contributed by atoms with E-state index < -0.39 is 11.7 Å². The molecule has 2 aromatic rings. The Morgan fingerprint density at radius 2 is 1.68 bits per heavy atom. The van der Waals surface area contributed by atoms with E-state index in [1.807, 2.05) is 31.2 Å². The Bertz CT molecular complexity index is 648. The highest BCUT2D eigenvalue weighted by Crippen LogP contribution is 2.29. The number of anilines is 1. The van der Waals surface area contributed by atoms with Crippen LogP contribution in [-0.4, -0.2) is 5.91 Å². The van der Waals surface area contributed by atoms with Crippen molar-refractivity contribution in [1.29, 1.82) is 0 Å². The molecule has 0 fully saturated rings. The fourth-order valence-corrected chi connectivity index (χ4v) is 2.09. The van der Waals surface area contributed by atoms with Gasteiger partial charge in [0.05, 0.1) is 12.0 Å². The van der Waals surface area contributed by atoms with E-state index in [0.29, 0.717) is 5.69 Å². The quantitative estimate of drug-likeness (QED) is 0.888. The highest BCUT2D eigenvalue weighted by atomic mass is 19.4. The van der Waals surface area contributed by atoms with Crippen molar-refractivity contribution in [3.8, 4) is 0 Å². The first-order chi connectivity index (χ1) is 10.4. The molecule has 2 rings (SSSR count). The molecule has 0 aliphatic rings. The summed E-state index contributed by atoms with van der Waals surface area (Å²) in [7, 11) is 0. The number of carbonyl (C=O) groups excluding carboxylic acids is 1. The third kappa shape index (κ3) is 4.35. The Hall–Kier alpha value is -2.30. The van der Waals surface area contributed by atoms with Crippen molar-refractivity contribution in [1.82, 2.24) is 0 Å². The third-order valence-electron chi connectivity index (χ3n) is 3.26. The van der Waals surface area contributed by atoms with Gasteiger partial charge in [-0.1, -0.05) is 31.2 Å². The molecule has 0 radical (unpaired) electrons. The zero-order valence-electron chi connectivity index (χ0n) is 12.1. The van der Waals surface area contributed by atoms with E-state index in [9.17, 15) is 18.0 Å². The van der Waals surface area contributed by atoms with Gasteiger partial charge >= 0.3 is 6.18 Å². The van der Waals surface area contributed by atoms with E-state index in [2.05, 4.69) is 5.32 Å². The fourth-order valence-electron chi connectivity index (χ4n) is 2.09. The van der Waals surface area contributed by atoms with E-state index in [-0.39, 0.29) is 12.3 Å². The maximum absolute atomic E-state index is 12.5. The number of amides is 1. The summed E-state index contributed by atoms with van der Waals surface area (Å²) in [4.78, 5) is 11.9. The molecule has 0 aromatic heterocycles. The Balaban J connectivity index is 1.99. The van der Waals surface area contributed by atoms with Crippen LogP contribution < -0.4 is 5.32 Å². The van der Waals surface area contributed by atoms with E-state index >= 15 is 0 Å². The molecule has 116 valence electrons. The second-order valence-corrected chi connectivity index (χ2v) is 4.97. The predicted octanol–water partition coefficient (Wildman–Crippen LogP) is 4.45. The molecule has 5 heteroatoms. The topological polar surface area (TPSA) is 29.1 Å². The van der Waals surface area contributed by atoms with E-state index in [1.54, 1.807) is 0 Å². The van der Waals surface area contributed by atoms with Gasteiger partial charge in [-0.05, 0) is 41.8 Å². The van der Waals surface area contributed by atoms with Crippen LogP contribution in [0.2, 0.25) is 0 Å². The summed E-state index contributed by atoms with van der Waals surface area (Å²) in [5, 5.41) is 2.60. The van der Waals surface area contributed by atoms with Crippen LogP contribution in [0.5, 0.6) is 0 Å². The summed E-state index contributed by atoms with van der Waals surface area (Å²) in [6.07, 6.45) is -3.30. The van der Waals surface area contributed by atoms with Crippen molar-refractivity contribution in [3.05, 3.63) is 65.2 Å². The van der Waals surface area contributed by atoms with Crippen LogP contribution in [-0.2, 0) is 23.8 Å². The minimum absolute atomic E-state index is 0.189. The van der Waals surface area contributed by atoms with Gasteiger partial charge in [0.2, 0.25) is 5.91 Å². The number of rotatable bonds is 4. The van der Waals surface area contributed by atoms with Crippen LogP contribution in [0.1, 0.15) is 23.6 Å². The first-order valence-electron chi connectivity index (χ1n) is 6.93. The smallest absolute Gasteiger partial charge is 0.326 e. The summed E-state index contributed by atoms with van der Waals surface area (Å²) >= 11 is 0. The van der Waals surface area contributed by atoms with Gasteiger partial charge in [0, 0.05) is 5.69 Å². The van der Waals surface area contributed by atoms with Crippen molar-refractivity contribution in [2.45, 2.75) is 25.9 Å². The molecular weight excluding hydrogens is 291 g/mol. The molecule has 0 unspecified atom stereocenters. The van der Waals surface area contributed by atoms with E-state index in [1.165, 1.54) is 12.1 Å². The lowest BCUT2D eigenvalue weighted by molar-refractivity contribution is -0.137. The molecular formula is C17H16F3NO. The first-order valence-corrected chi connectivity index (χ1v) is 6.93. The predicted molar refractivity (Wildman–Crippen MR) is 79.6 cm³/mol. The number of nitrogens with one attached hydrogen (secondary N) is 1. The van der Waals surface area contributed by atoms with Gasteiger partial charge in [-0.3, -0.25) is 4.79 Å². The number of carbonyl (C=O) groups is 1. The minimum atomic E-state index is -4.37. The molecule has 0 atom stereocenters. The molecule has 1 N–H and O–H groups in total. The van der Waals surface area contributed by atoms with Crippen LogP contribution in [0.15, 0.2) is 48.5 Å². The average molecular weight is 307 g/mol. The number of benzene rings is 2. The summed E-state index contributed by atoms with van der Waals surface area (Å²) in [5.74, 6) is -0.256. The maximum atomic E-state index is 12.5. The van der Waals surface area contributed by atoms with Crippen LogP contribution in [0, 0.1) is 0 Å². The molecule has 0 heterocycles. The van der Waals surface area contributed by atoms with Gasteiger partial charge in [-0.25, -0.2) is 0 Å². The van der Waals surface area contributed by atoms with Crippen LogP contribution >= 0.6 is 0 Å². The summed E-state index contributed by atoms with van der Waals surface area (Å²) in [5.41, 5.74) is 1.63. The number of aryl methyl sites for hydroxylation is 1. The summed E-state index contributed by atoms with van der Waals surface area (Å²) in [6.45, 7) is 2.03. The standard InChI is InChI=1S/C17H16F3NO/c1-2-12-4-3-5-13(10-12)11-16(22)21-15-8-6-14(7-9-15)17(18,19)20/h3-10H,2,11H2,1H3,(H,21,22). The first kappa shape index (κ1) is 16.1. The van der Waals surface area contributed by atoms with E-state index in [4.69, 9.17) is 0 Å². The Morgan fingerprint density at radius 1 is 1.05 bits per heavy atom. The molecule has 22 heavy (non-hydrogen) atoms. The molecule has 0 saturated heterocycles. The molecule has 1 amide bonds. The Kier molecular flexibility index (Phi) is 4.85. The number of halogens is 3. The van der Waals surface area contributed by atoms with Crippen LogP contribution in [0.4, 0.5) is 18.9 Å². The monoisotopic (exact) mass is 307 g/mol. The highest BCUT2D eigenvalue weighted by molar-refractivity contribution is 5.92. The van der Waals surface area contributed by atoms with Crippen molar-refractivity contribution >= 4 is 11.6 Å². The lowest BCUT2D eigenvalue weighted by Gasteiger charge is -2.09. The van der Waals surface area contributed by atoms with Gasteiger partial charge in [-0.15, -0.1) is 0 Å². The van der Waals surface area contributed by atoms with Crippen molar-refractivity contribution in [2.75, 3.05) is 5.32 Å². The van der Waals surface area contributed by atoms with Gasteiger partial charge < -0.3 is 5.32 Å². The fraction of sp³-hybridized carbons (Fsp3) is 0.235. The number of hydrogen-bond donors (Lipinski definition) is 1. The lowest BCUT2D eigenvalue weighted by atomic mass is 10.1. The second-order valence-electron chi connectivity index (χ2n) is 4.97.